The Morgan fingerprint density at radius 1 is 0.483 bits per heavy atom. The minimum absolute atomic E-state index is 0.186. The Labute approximate surface area is 352 Å². The van der Waals surface area contributed by atoms with Crippen LogP contribution in [0.5, 0.6) is 5.75 Å². The summed E-state index contributed by atoms with van der Waals surface area (Å²) in [7, 11) is 0. The van der Waals surface area contributed by atoms with Crippen molar-refractivity contribution in [2.24, 2.45) is 0 Å². The molecule has 9 aromatic rings. The number of aromatic nitrogens is 4. The zero-order valence-electron chi connectivity index (χ0n) is 35.0. The fourth-order valence-corrected chi connectivity index (χ4v) is 8.10. The molecule has 60 heavy (non-hydrogen) atoms. The third kappa shape index (κ3) is 7.28. The fourth-order valence-electron chi connectivity index (χ4n) is 8.10. The predicted molar refractivity (Wildman–Crippen MR) is 248 cm³/mol. The van der Waals surface area contributed by atoms with Crippen molar-refractivity contribution in [2.75, 3.05) is 0 Å². The van der Waals surface area contributed by atoms with Gasteiger partial charge in [0.2, 0.25) is 0 Å². The molecular formula is C55H48N4O. The van der Waals surface area contributed by atoms with Gasteiger partial charge >= 0.3 is 0 Å². The number of phenolic OH excluding ortho intramolecular Hbond substituents is 1. The summed E-state index contributed by atoms with van der Waals surface area (Å²) in [6.07, 6.45) is 5.70. The number of phenols is 1. The molecule has 0 atom stereocenters. The van der Waals surface area contributed by atoms with Gasteiger partial charge in [0.05, 0.1) is 28.7 Å². The number of aromatic hydroxyl groups is 1. The number of pyridine rings is 2. The van der Waals surface area contributed by atoms with Gasteiger partial charge in [-0.15, -0.1) is 0 Å². The van der Waals surface area contributed by atoms with Crippen LogP contribution >= 0.6 is 0 Å². The number of hydrogen-bond donors (Lipinski definition) is 1. The lowest BCUT2D eigenvalue weighted by molar-refractivity contribution is 0.446. The van der Waals surface area contributed by atoms with E-state index in [9.17, 15) is 5.11 Å². The molecule has 5 nitrogen and oxygen atoms in total. The summed E-state index contributed by atoms with van der Waals surface area (Å²) in [6, 6.07) is 54.9. The highest BCUT2D eigenvalue weighted by Crippen LogP contribution is 2.45. The molecule has 0 saturated heterocycles. The van der Waals surface area contributed by atoms with Gasteiger partial charge in [-0.25, -0.2) is 4.98 Å². The van der Waals surface area contributed by atoms with Gasteiger partial charge in [-0.3, -0.25) is 14.5 Å². The maximum absolute atomic E-state index is 12.4. The summed E-state index contributed by atoms with van der Waals surface area (Å²) in [5.41, 5.74) is 15.0. The Morgan fingerprint density at radius 3 is 1.75 bits per heavy atom. The van der Waals surface area contributed by atoms with Gasteiger partial charge in [0.15, 0.2) is 0 Å². The summed E-state index contributed by atoms with van der Waals surface area (Å²) in [5, 5.41) is 12.4. The second-order valence-electron chi connectivity index (χ2n) is 17.6. The maximum atomic E-state index is 12.4. The highest BCUT2D eigenvalue weighted by Gasteiger charge is 2.29. The first kappa shape index (κ1) is 38.4. The number of rotatable bonds is 7. The minimum Gasteiger partial charge on any atom is -0.507 e. The van der Waals surface area contributed by atoms with E-state index in [0.717, 1.165) is 83.6 Å². The van der Waals surface area contributed by atoms with Crippen LogP contribution in [0.3, 0.4) is 0 Å². The Hall–Kier alpha value is -7.11. The van der Waals surface area contributed by atoms with E-state index in [-0.39, 0.29) is 16.6 Å². The third-order valence-corrected chi connectivity index (χ3v) is 11.3. The molecule has 6 aromatic carbocycles. The van der Waals surface area contributed by atoms with Gasteiger partial charge in [-0.2, -0.15) is 0 Å². The smallest absolute Gasteiger partial charge is 0.149 e. The van der Waals surface area contributed by atoms with Crippen LogP contribution < -0.4 is 0 Å². The highest BCUT2D eigenvalue weighted by molar-refractivity contribution is 5.98. The molecule has 0 fully saturated rings. The Morgan fingerprint density at radius 2 is 1.08 bits per heavy atom. The van der Waals surface area contributed by atoms with E-state index < -0.39 is 0 Å². The lowest BCUT2D eigenvalue weighted by atomic mass is 9.79. The molecule has 0 radical (unpaired) electrons. The average Bonchev–Trinajstić information content (AvgIpc) is 3.66. The van der Waals surface area contributed by atoms with E-state index in [1.54, 1.807) is 0 Å². The van der Waals surface area contributed by atoms with E-state index in [4.69, 9.17) is 15.0 Å². The summed E-state index contributed by atoms with van der Waals surface area (Å²) < 4.78 is 2.19. The van der Waals surface area contributed by atoms with Gasteiger partial charge in [0, 0.05) is 34.6 Å². The molecule has 0 aliphatic carbocycles. The summed E-state index contributed by atoms with van der Waals surface area (Å²) in [5.74, 6) is 0.880. The van der Waals surface area contributed by atoms with Gasteiger partial charge < -0.3 is 5.11 Å². The van der Waals surface area contributed by atoms with Gasteiger partial charge in [0.25, 0.3) is 0 Å². The second-order valence-corrected chi connectivity index (χ2v) is 17.6. The van der Waals surface area contributed by atoms with Crippen molar-refractivity contribution >= 4 is 11.0 Å². The van der Waals surface area contributed by atoms with E-state index in [1.807, 2.05) is 36.8 Å². The first-order valence-corrected chi connectivity index (χ1v) is 20.6. The Bertz CT molecular complexity index is 2990. The van der Waals surface area contributed by atoms with Crippen LogP contribution in [-0.4, -0.2) is 24.6 Å². The summed E-state index contributed by atoms with van der Waals surface area (Å²) in [4.78, 5) is 15.4. The van der Waals surface area contributed by atoms with Crippen molar-refractivity contribution in [1.29, 1.82) is 0 Å². The molecule has 0 unspecified atom stereocenters. The molecule has 1 N–H and O–H groups in total. The monoisotopic (exact) mass is 780 g/mol. The first-order chi connectivity index (χ1) is 28.9. The molecular weight excluding hydrogens is 733 g/mol. The number of nitrogens with zero attached hydrogens (tertiary/aromatic N) is 4. The molecule has 0 saturated carbocycles. The van der Waals surface area contributed by atoms with Gasteiger partial charge in [0.1, 0.15) is 17.1 Å². The van der Waals surface area contributed by atoms with Crippen LogP contribution in [-0.2, 0) is 10.8 Å². The number of imidazole rings is 1. The third-order valence-electron chi connectivity index (χ3n) is 11.3. The largest absolute Gasteiger partial charge is 0.507 e. The molecule has 3 heterocycles. The molecule has 0 spiro atoms. The lowest BCUT2D eigenvalue weighted by Crippen LogP contribution is -2.17. The Balaban J connectivity index is 1.35. The standard InChI is InChI=1S/C55H48N4O/c1-54(2,3)43-32-45(52(60)47(33-43)55(4,5)6)53-58-51-46(34-56-35-50(51)59(53)49-25-17-16-24-44(49)38-22-14-9-15-23-38)41-28-40(37-20-12-8-13-21-37)29-42(30-41)48-31-39(26-27-57-48)36-18-10-7-11-19-36/h7-35,60H,1-6H3. The van der Waals surface area contributed by atoms with Crippen LogP contribution in [0.1, 0.15) is 52.7 Å². The number of fused-ring (bicyclic) bond motifs is 1. The SMILES string of the molecule is CC(C)(C)c1cc(-c2nc3c(-c4cc(-c5ccccc5)cc(-c5cc(-c6ccccc6)ccn5)c4)cncc3n2-c2ccccc2-c2ccccc2)c(O)c(C(C)(C)C)c1. The van der Waals surface area contributed by atoms with E-state index in [2.05, 4.69) is 186 Å². The van der Waals surface area contributed by atoms with Crippen molar-refractivity contribution in [3.8, 4) is 78.6 Å². The molecule has 294 valence electrons. The van der Waals surface area contributed by atoms with E-state index in [0.29, 0.717) is 11.4 Å². The molecule has 5 heteroatoms. The predicted octanol–water partition coefficient (Wildman–Crippen LogP) is 14.1. The number of para-hydroxylation sites is 1. The number of hydrogen-bond acceptors (Lipinski definition) is 4. The molecule has 0 amide bonds. The molecule has 9 rings (SSSR count). The van der Waals surface area contributed by atoms with Crippen LogP contribution in [0.15, 0.2) is 176 Å². The molecule has 0 aliphatic rings. The van der Waals surface area contributed by atoms with Crippen molar-refractivity contribution < 1.29 is 5.11 Å². The first-order valence-electron chi connectivity index (χ1n) is 20.6. The van der Waals surface area contributed by atoms with E-state index in [1.165, 1.54) is 0 Å². The lowest BCUT2D eigenvalue weighted by Gasteiger charge is -2.27. The van der Waals surface area contributed by atoms with E-state index >= 15 is 0 Å². The minimum atomic E-state index is -0.328. The van der Waals surface area contributed by atoms with Gasteiger partial charge in [-0.1, -0.05) is 157 Å². The average molecular weight is 781 g/mol. The quantitative estimate of drug-likeness (QED) is 0.175. The van der Waals surface area contributed by atoms with Crippen molar-refractivity contribution in [3.63, 3.8) is 0 Å². The zero-order chi connectivity index (χ0) is 41.6. The van der Waals surface area contributed by atoms with Crippen molar-refractivity contribution in [3.05, 3.63) is 187 Å². The van der Waals surface area contributed by atoms with Crippen LogP contribution in [0.2, 0.25) is 0 Å². The zero-order valence-corrected chi connectivity index (χ0v) is 35.0. The normalized spacial score (nSPS) is 11.9. The fraction of sp³-hybridized carbons (Fsp3) is 0.145. The van der Waals surface area contributed by atoms with Crippen molar-refractivity contribution in [2.45, 2.75) is 52.4 Å². The maximum Gasteiger partial charge on any atom is 0.149 e. The number of benzene rings is 6. The second kappa shape index (κ2) is 15.2. The van der Waals surface area contributed by atoms with Crippen LogP contribution in [0.4, 0.5) is 0 Å². The van der Waals surface area contributed by atoms with Gasteiger partial charge in [-0.05, 0) is 92.2 Å². The van der Waals surface area contributed by atoms with Crippen LogP contribution in [0, 0.1) is 0 Å². The molecule has 3 aromatic heterocycles. The Kier molecular flexibility index (Phi) is 9.76. The summed E-state index contributed by atoms with van der Waals surface area (Å²) in [6.45, 7) is 13.1. The van der Waals surface area contributed by atoms with Crippen molar-refractivity contribution in [1.82, 2.24) is 19.5 Å². The highest BCUT2D eigenvalue weighted by atomic mass is 16.3. The molecule has 0 bridgehead atoms. The van der Waals surface area contributed by atoms with Crippen LogP contribution in [0.25, 0.3) is 83.9 Å². The molecule has 0 aliphatic heterocycles. The topological polar surface area (TPSA) is 63.8 Å². The summed E-state index contributed by atoms with van der Waals surface area (Å²) >= 11 is 0.